The quantitative estimate of drug-likeness (QED) is 0.399. The Morgan fingerprint density at radius 3 is 2.57 bits per heavy atom. The number of fused-ring (bicyclic) bond motifs is 2. The summed E-state index contributed by atoms with van der Waals surface area (Å²) in [6.45, 7) is 0.959. The SMILES string of the molecule is CNC(=O)Nc1ccc2c(c1)CC(=O)[C@]21OCN(CC(=O)N[C@@H](C)C(=O)NCc2ccc(F)cc2)C1=O. The van der Waals surface area contributed by atoms with Gasteiger partial charge in [-0.05, 0) is 42.3 Å². The first-order valence-electron chi connectivity index (χ1n) is 11.5. The second kappa shape index (κ2) is 10.3. The number of nitrogens with zero attached hydrogens (tertiary/aromatic N) is 1. The van der Waals surface area contributed by atoms with Gasteiger partial charge in [-0.3, -0.25) is 19.2 Å². The monoisotopic (exact) mass is 511 g/mol. The van der Waals surface area contributed by atoms with Gasteiger partial charge in [-0.2, -0.15) is 0 Å². The summed E-state index contributed by atoms with van der Waals surface area (Å²) in [5.41, 5.74) is 0.235. The van der Waals surface area contributed by atoms with E-state index in [1.165, 1.54) is 38.2 Å². The highest BCUT2D eigenvalue weighted by Gasteiger charge is 2.59. The Hall–Kier alpha value is -4.32. The Morgan fingerprint density at radius 2 is 1.86 bits per heavy atom. The molecule has 1 aliphatic carbocycles. The minimum Gasteiger partial charge on any atom is -0.350 e. The molecule has 1 spiro atoms. The standard InChI is InChI=1S/C25H26FN5O6/c1-14(22(34)28-11-15-3-5-17(26)6-4-15)29-21(33)12-31-13-37-25(23(31)35)19-8-7-18(30-24(36)27-2)9-16(19)10-20(25)32/h3-9,14H,10-13H2,1-2H3,(H,28,34)(H,29,33)(H2,27,30,36)/t14-,25+/m0/s1. The zero-order valence-electron chi connectivity index (χ0n) is 20.2. The minimum absolute atomic E-state index is 0.0599. The van der Waals surface area contributed by atoms with Crippen molar-refractivity contribution in [2.24, 2.45) is 0 Å². The van der Waals surface area contributed by atoms with E-state index < -0.39 is 47.7 Å². The molecule has 4 N–H and O–H groups in total. The smallest absolute Gasteiger partial charge is 0.318 e. The predicted octanol–water partition coefficient (Wildman–Crippen LogP) is 0.535. The van der Waals surface area contributed by atoms with E-state index in [0.717, 1.165) is 4.90 Å². The Morgan fingerprint density at radius 1 is 1.14 bits per heavy atom. The summed E-state index contributed by atoms with van der Waals surface area (Å²) in [6.07, 6.45) is -0.0599. The number of rotatable bonds is 7. The van der Waals surface area contributed by atoms with Crippen molar-refractivity contribution in [2.45, 2.75) is 31.5 Å². The highest BCUT2D eigenvalue weighted by atomic mass is 19.1. The van der Waals surface area contributed by atoms with E-state index in [4.69, 9.17) is 4.74 Å². The third kappa shape index (κ3) is 5.14. The van der Waals surface area contributed by atoms with Gasteiger partial charge in [0, 0.05) is 31.3 Å². The van der Waals surface area contributed by atoms with Gasteiger partial charge in [0.2, 0.25) is 17.4 Å². The van der Waals surface area contributed by atoms with Gasteiger partial charge in [0.1, 0.15) is 25.1 Å². The zero-order valence-corrected chi connectivity index (χ0v) is 20.2. The number of nitrogens with one attached hydrogen (secondary N) is 4. The Balaban J connectivity index is 1.35. The summed E-state index contributed by atoms with van der Waals surface area (Å²) >= 11 is 0. The van der Waals surface area contributed by atoms with Gasteiger partial charge < -0.3 is 30.9 Å². The van der Waals surface area contributed by atoms with E-state index in [-0.39, 0.29) is 25.5 Å². The predicted molar refractivity (Wildman–Crippen MR) is 128 cm³/mol. The fourth-order valence-corrected chi connectivity index (χ4v) is 4.30. The van der Waals surface area contributed by atoms with Crippen molar-refractivity contribution in [3.63, 3.8) is 0 Å². The molecule has 0 bridgehead atoms. The number of anilines is 1. The lowest BCUT2D eigenvalue weighted by Gasteiger charge is -2.21. The van der Waals surface area contributed by atoms with Crippen LogP contribution in [0.25, 0.3) is 0 Å². The van der Waals surface area contributed by atoms with Crippen LogP contribution < -0.4 is 21.3 Å². The van der Waals surface area contributed by atoms with Crippen LogP contribution in [0.5, 0.6) is 0 Å². The van der Waals surface area contributed by atoms with Crippen LogP contribution in [0.3, 0.4) is 0 Å². The first-order valence-corrected chi connectivity index (χ1v) is 11.5. The van der Waals surface area contributed by atoms with Crippen LogP contribution in [0.15, 0.2) is 42.5 Å². The van der Waals surface area contributed by atoms with Crippen LogP contribution >= 0.6 is 0 Å². The summed E-state index contributed by atoms with van der Waals surface area (Å²) in [4.78, 5) is 63.8. The summed E-state index contributed by atoms with van der Waals surface area (Å²) < 4.78 is 18.7. The Bertz CT molecular complexity index is 1270. The van der Waals surface area contributed by atoms with E-state index >= 15 is 0 Å². The maximum absolute atomic E-state index is 13.3. The summed E-state index contributed by atoms with van der Waals surface area (Å²) in [5.74, 6) is -2.57. The number of carbonyl (C=O) groups is 5. The second-order valence-electron chi connectivity index (χ2n) is 8.77. The molecule has 4 rings (SSSR count). The van der Waals surface area contributed by atoms with Crippen molar-refractivity contribution in [1.82, 2.24) is 20.9 Å². The van der Waals surface area contributed by atoms with Gasteiger partial charge in [-0.25, -0.2) is 9.18 Å². The van der Waals surface area contributed by atoms with Crippen LogP contribution in [-0.2, 0) is 42.5 Å². The maximum Gasteiger partial charge on any atom is 0.318 e. The minimum atomic E-state index is -1.83. The van der Waals surface area contributed by atoms with E-state index in [1.54, 1.807) is 18.2 Å². The van der Waals surface area contributed by atoms with Crippen LogP contribution in [0, 0.1) is 5.82 Å². The van der Waals surface area contributed by atoms with Gasteiger partial charge in [0.05, 0.1) is 0 Å². The van der Waals surface area contributed by atoms with E-state index in [2.05, 4.69) is 21.3 Å². The van der Waals surface area contributed by atoms with Gasteiger partial charge >= 0.3 is 6.03 Å². The Labute approximate surface area is 211 Å². The van der Waals surface area contributed by atoms with Crippen molar-refractivity contribution >= 4 is 35.2 Å². The van der Waals surface area contributed by atoms with E-state index in [1.807, 2.05) is 0 Å². The number of benzene rings is 2. The molecule has 2 atom stereocenters. The van der Waals surface area contributed by atoms with E-state index in [0.29, 0.717) is 22.4 Å². The average molecular weight is 512 g/mol. The Kier molecular flexibility index (Phi) is 7.21. The normalized spacial score (nSPS) is 18.9. The van der Waals surface area contributed by atoms with Crippen molar-refractivity contribution in [2.75, 3.05) is 25.6 Å². The molecule has 194 valence electrons. The summed E-state index contributed by atoms with van der Waals surface area (Å²) in [6, 6.07) is 9.03. The van der Waals surface area contributed by atoms with Gasteiger partial charge in [0.25, 0.3) is 5.91 Å². The van der Waals surface area contributed by atoms with E-state index in [9.17, 15) is 28.4 Å². The van der Waals surface area contributed by atoms with Crippen molar-refractivity contribution in [3.05, 3.63) is 65.0 Å². The molecule has 37 heavy (non-hydrogen) atoms. The molecule has 12 heteroatoms. The van der Waals surface area contributed by atoms with Crippen LogP contribution in [0.2, 0.25) is 0 Å². The molecule has 0 radical (unpaired) electrons. The lowest BCUT2D eigenvalue weighted by atomic mass is 9.94. The number of ketones is 1. The largest absolute Gasteiger partial charge is 0.350 e. The van der Waals surface area contributed by atoms with Gasteiger partial charge in [0.15, 0.2) is 5.78 Å². The number of urea groups is 1. The molecule has 2 aromatic rings. The zero-order chi connectivity index (χ0) is 26.7. The number of ether oxygens (including phenoxy) is 1. The molecule has 0 saturated carbocycles. The lowest BCUT2D eigenvalue weighted by molar-refractivity contribution is -0.149. The number of halogens is 1. The molecule has 1 fully saturated rings. The number of hydrogen-bond acceptors (Lipinski definition) is 6. The second-order valence-corrected chi connectivity index (χ2v) is 8.77. The van der Waals surface area contributed by atoms with Crippen LogP contribution in [0.1, 0.15) is 23.6 Å². The van der Waals surface area contributed by atoms with Crippen LogP contribution in [0.4, 0.5) is 14.9 Å². The van der Waals surface area contributed by atoms with Crippen molar-refractivity contribution in [1.29, 1.82) is 0 Å². The highest BCUT2D eigenvalue weighted by Crippen LogP contribution is 2.43. The lowest BCUT2D eigenvalue weighted by Crippen LogP contribution is -2.49. The first-order chi connectivity index (χ1) is 17.6. The third-order valence-corrected chi connectivity index (χ3v) is 6.22. The molecule has 1 heterocycles. The number of Topliss-reactive ketones (excluding diaryl/α,β-unsaturated/α-hetero) is 1. The summed E-state index contributed by atoms with van der Waals surface area (Å²) in [5, 5.41) is 10.2. The average Bonchev–Trinajstić information content (AvgIpc) is 3.34. The molecular formula is C25H26FN5O6. The summed E-state index contributed by atoms with van der Waals surface area (Å²) in [7, 11) is 1.47. The first kappa shape index (κ1) is 25.8. The van der Waals surface area contributed by atoms with Gasteiger partial charge in [-0.1, -0.05) is 18.2 Å². The molecule has 2 aliphatic rings. The maximum atomic E-state index is 13.3. The molecule has 2 aromatic carbocycles. The molecular weight excluding hydrogens is 485 g/mol. The fourth-order valence-electron chi connectivity index (χ4n) is 4.30. The molecule has 1 aliphatic heterocycles. The number of carbonyl (C=O) groups excluding carboxylic acids is 5. The highest BCUT2D eigenvalue weighted by molar-refractivity contribution is 6.15. The molecule has 1 saturated heterocycles. The molecule has 0 aromatic heterocycles. The van der Waals surface area contributed by atoms with Crippen molar-refractivity contribution < 1.29 is 33.1 Å². The molecule has 5 amide bonds. The van der Waals surface area contributed by atoms with Gasteiger partial charge in [-0.15, -0.1) is 0 Å². The molecule has 0 unspecified atom stereocenters. The number of amides is 5. The van der Waals surface area contributed by atoms with Crippen LogP contribution in [-0.4, -0.2) is 60.8 Å². The number of hydrogen-bond donors (Lipinski definition) is 4. The molecule has 11 nitrogen and oxygen atoms in total. The third-order valence-electron chi connectivity index (χ3n) is 6.22. The van der Waals surface area contributed by atoms with Crippen molar-refractivity contribution in [3.8, 4) is 0 Å². The fraction of sp³-hybridized carbons (Fsp3) is 0.320. The topological polar surface area (TPSA) is 146 Å².